The average molecular weight is 278 g/mol. The van der Waals surface area contributed by atoms with Crippen molar-refractivity contribution in [1.29, 1.82) is 0 Å². The van der Waals surface area contributed by atoms with Crippen LogP contribution in [0, 0.1) is 0 Å². The van der Waals surface area contributed by atoms with Crippen molar-refractivity contribution in [3.63, 3.8) is 0 Å². The van der Waals surface area contributed by atoms with Gasteiger partial charge in [0.05, 0.1) is 0 Å². The molecule has 0 aliphatic rings. The first kappa shape index (κ1) is 14.2. The predicted molar refractivity (Wildman–Crippen MR) is 72.3 cm³/mol. The van der Waals surface area contributed by atoms with Crippen LogP contribution in [-0.4, -0.2) is 11.3 Å². The molecule has 0 fully saturated rings. The third-order valence-corrected chi connectivity index (χ3v) is 2.91. The number of alkyl halides is 3. The van der Waals surface area contributed by atoms with Crippen LogP contribution in [0.1, 0.15) is 17.0 Å². The summed E-state index contributed by atoms with van der Waals surface area (Å²) in [5.74, 6) is -2.21. The second-order valence-electron chi connectivity index (χ2n) is 4.35. The van der Waals surface area contributed by atoms with Gasteiger partial charge in [0, 0.05) is 5.56 Å². The van der Waals surface area contributed by atoms with Crippen molar-refractivity contribution in [3.05, 3.63) is 77.9 Å². The van der Waals surface area contributed by atoms with Crippen molar-refractivity contribution in [2.75, 3.05) is 0 Å². The molecule has 0 heterocycles. The van der Waals surface area contributed by atoms with Crippen LogP contribution in [0.4, 0.5) is 13.2 Å². The number of aliphatic hydroxyl groups is 1. The number of halogens is 3. The van der Waals surface area contributed by atoms with Gasteiger partial charge in [-0.3, -0.25) is 0 Å². The standard InChI is InChI=1S/C16H13F3O/c17-16(18,19)14(12-7-3-1-4-8-12)11-15(20)13-9-5-2-6-10-13/h1-11,14,20H/b15-11-. The monoisotopic (exact) mass is 278 g/mol. The van der Waals surface area contributed by atoms with E-state index in [1.54, 1.807) is 48.5 Å². The van der Waals surface area contributed by atoms with E-state index in [1.165, 1.54) is 12.1 Å². The Balaban J connectivity index is 2.39. The van der Waals surface area contributed by atoms with E-state index in [4.69, 9.17) is 0 Å². The fourth-order valence-corrected chi connectivity index (χ4v) is 1.90. The minimum atomic E-state index is -4.45. The van der Waals surface area contributed by atoms with E-state index in [2.05, 4.69) is 0 Å². The summed E-state index contributed by atoms with van der Waals surface area (Å²) in [6.45, 7) is 0. The van der Waals surface area contributed by atoms with E-state index < -0.39 is 12.1 Å². The highest BCUT2D eigenvalue weighted by atomic mass is 19.4. The first-order valence-corrected chi connectivity index (χ1v) is 6.06. The second kappa shape index (κ2) is 5.82. The number of rotatable bonds is 3. The normalized spacial score (nSPS) is 14.1. The predicted octanol–water partition coefficient (Wildman–Crippen LogP) is 4.93. The molecule has 0 amide bonds. The third-order valence-electron chi connectivity index (χ3n) is 2.91. The molecule has 2 aromatic carbocycles. The van der Waals surface area contributed by atoms with Crippen molar-refractivity contribution in [2.45, 2.75) is 12.1 Å². The molecular formula is C16H13F3O. The Kier molecular flexibility index (Phi) is 4.13. The van der Waals surface area contributed by atoms with Gasteiger partial charge in [-0.1, -0.05) is 60.7 Å². The van der Waals surface area contributed by atoms with Crippen molar-refractivity contribution in [2.24, 2.45) is 0 Å². The molecule has 0 saturated heterocycles. The van der Waals surface area contributed by atoms with Gasteiger partial charge in [0.2, 0.25) is 0 Å². The highest BCUT2D eigenvalue weighted by Gasteiger charge is 2.39. The van der Waals surface area contributed by atoms with Crippen molar-refractivity contribution in [1.82, 2.24) is 0 Å². The number of allylic oxidation sites excluding steroid dienone is 1. The highest BCUT2D eigenvalue weighted by molar-refractivity contribution is 5.59. The Bertz CT molecular complexity index is 574. The van der Waals surface area contributed by atoms with Crippen LogP contribution in [0.5, 0.6) is 0 Å². The van der Waals surface area contributed by atoms with Gasteiger partial charge < -0.3 is 5.11 Å². The highest BCUT2D eigenvalue weighted by Crippen LogP contribution is 2.37. The average Bonchev–Trinajstić information content (AvgIpc) is 2.45. The lowest BCUT2D eigenvalue weighted by atomic mass is 9.96. The molecule has 1 N–H and O–H groups in total. The SMILES string of the molecule is O/C(=C\C(c1ccccc1)C(F)(F)F)c1ccccc1. The Labute approximate surface area is 115 Å². The molecule has 0 aliphatic carbocycles. The maximum Gasteiger partial charge on any atom is 0.399 e. The summed E-state index contributed by atoms with van der Waals surface area (Å²) in [6.07, 6.45) is -3.62. The molecule has 0 bridgehead atoms. The lowest BCUT2D eigenvalue weighted by Crippen LogP contribution is -2.19. The van der Waals surface area contributed by atoms with E-state index in [-0.39, 0.29) is 11.3 Å². The van der Waals surface area contributed by atoms with Gasteiger partial charge in [-0.25, -0.2) is 0 Å². The molecule has 4 heteroatoms. The van der Waals surface area contributed by atoms with E-state index in [1.807, 2.05) is 0 Å². The molecule has 0 saturated carbocycles. The fraction of sp³-hybridized carbons (Fsp3) is 0.125. The zero-order valence-electron chi connectivity index (χ0n) is 10.5. The second-order valence-corrected chi connectivity index (χ2v) is 4.35. The number of benzene rings is 2. The maximum absolute atomic E-state index is 13.1. The van der Waals surface area contributed by atoms with Gasteiger partial charge in [0.15, 0.2) is 0 Å². The summed E-state index contributed by atoms with van der Waals surface area (Å²) in [7, 11) is 0. The van der Waals surface area contributed by atoms with Crippen LogP contribution in [0.2, 0.25) is 0 Å². The number of hydrogen-bond donors (Lipinski definition) is 1. The van der Waals surface area contributed by atoms with Gasteiger partial charge in [0.1, 0.15) is 11.7 Å². The Hall–Kier alpha value is -2.23. The molecule has 1 nitrogen and oxygen atoms in total. The molecule has 20 heavy (non-hydrogen) atoms. The summed E-state index contributed by atoms with van der Waals surface area (Å²) in [4.78, 5) is 0. The van der Waals surface area contributed by atoms with E-state index in [9.17, 15) is 18.3 Å². The molecule has 1 atom stereocenters. The summed E-state index contributed by atoms with van der Waals surface area (Å²) < 4.78 is 39.4. The van der Waals surface area contributed by atoms with Crippen molar-refractivity contribution in [3.8, 4) is 0 Å². The zero-order chi connectivity index (χ0) is 14.6. The van der Waals surface area contributed by atoms with E-state index >= 15 is 0 Å². The van der Waals surface area contributed by atoms with Crippen LogP contribution in [0.15, 0.2) is 66.7 Å². The zero-order valence-corrected chi connectivity index (χ0v) is 10.5. The first-order valence-electron chi connectivity index (χ1n) is 6.06. The number of hydrogen-bond acceptors (Lipinski definition) is 1. The Morgan fingerprint density at radius 1 is 0.900 bits per heavy atom. The minimum absolute atomic E-state index is 0.0995. The molecule has 2 rings (SSSR count). The Morgan fingerprint density at radius 2 is 1.40 bits per heavy atom. The Morgan fingerprint density at radius 3 is 1.90 bits per heavy atom. The maximum atomic E-state index is 13.1. The van der Waals surface area contributed by atoms with Gasteiger partial charge in [-0.05, 0) is 11.6 Å². The van der Waals surface area contributed by atoms with Gasteiger partial charge in [-0.15, -0.1) is 0 Å². The molecule has 2 aromatic rings. The van der Waals surface area contributed by atoms with Crippen molar-refractivity contribution < 1.29 is 18.3 Å². The minimum Gasteiger partial charge on any atom is -0.508 e. The van der Waals surface area contributed by atoms with Crippen LogP contribution in [0.25, 0.3) is 5.76 Å². The molecule has 104 valence electrons. The summed E-state index contributed by atoms with van der Waals surface area (Å²) in [5.41, 5.74) is 0.458. The summed E-state index contributed by atoms with van der Waals surface area (Å²) in [6, 6.07) is 15.7. The number of aliphatic hydroxyl groups excluding tert-OH is 1. The fourth-order valence-electron chi connectivity index (χ4n) is 1.90. The summed E-state index contributed by atoms with van der Waals surface area (Å²) in [5, 5.41) is 9.88. The molecule has 0 spiro atoms. The summed E-state index contributed by atoms with van der Waals surface area (Å²) >= 11 is 0. The van der Waals surface area contributed by atoms with Crippen LogP contribution in [0.3, 0.4) is 0 Å². The van der Waals surface area contributed by atoms with Gasteiger partial charge >= 0.3 is 6.18 Å². The van der Waals surface area contributed by atoms with Crippen LogP contribution in [-0.2, 0) is 0 Å². The third kappa shape index (κ3) is 3.41. The lowest BCUT2D eigenvalue weighted by Gasteiger charge is -2.18. The first-order chi connectivity index (χ1) is 9.48. The molecule has 0 aromatic heterocycles. The lowest BCUT2D eigenvalue weighted by molar-refractivity contribution is -0.139. The van der Waals surface area contributed by atoms with E-state index in [0.717, 1.165) is 6.08 Å². The molecule has 0 aliphatic heterocycles. The largest absolute Gasteiger partial charge is 0.508 e. The van der Waals surface area contributed by atoms with Crippen molar-refractivity contribution >= 4 is 5.76 Å². The quantitative estimate of drug-likeness (QED) is 0.789. The van der Waals surface area contributed by atoms with Crippen LogP contribution >= 0.6 is 0 Å². The molecule has 1 unspecified atom stereocenters. The molecule has 0 radical (unpaired) electrons. The van der Waals surface area contributed by atoms with E-state index in [0.29, 0.717) is 5.56 Å². The van der Waals surface area contributed by atoms with Gasteiger partial charge in [0.25, 0.3) is 0 Å². The van der Waals surface area contributed by atoms with Gasteiger partial charge in [-0.2, -0.15) is 13.2 Å². The van der Waals surface area contributed by atoms with Crippen LogP contribution < -0.4 is 0 Å². The molecular weight excluding hydrogens is 265 g/mol. The smallest absolute Gasteiger partial charge is 0.399 e. The topological polar surface area (TPSA) is 20.2 Å².